The molecule has 2 heterocycles. The highest BCUT2D eigenvalue weighted by molar-refractivity contribution is 9.10. The van der Waals surface area contributed by atoms with Crippen molar-refractivity contribution in [3.8, 4) is 0 Å². The van der Waals surface area contributed by atoms with E-state index in [1.807, 2.05) is 6.26 Å². The number of hydrogen-bond donors (Lipinski definition) is 0. The molecule has 0 aromatic carbocycles. The first-order valence-electron chi connectivity index (χ1n) is 5.33. The third-order valence-corrected chi connectivity index (χ3v) is 3.57. The molecule has 0 saturated carbocycles. The van der Waals surface area contributed by atoms with E-state index in [4.69, 9.17) is 4.42 Å². The summed E-state index contributed by atoms with van der Waals surface area (Å²) in [6.07, 6.45) is 1.84. The van der Waals surface area contributed by atoms with Crippen LogP contribution in [0.2, 0.25) is 0 Å². The Morgan fingerprint density at radius 1 is 1.33 bits per heavy atom. The van der Waals surface area contributed by atoms with E-state index in [2.05, 4.69) is 45.8 Å². The van der Waals surface area contributed by atoms with Gasteiger partial charge >= 0.3 is 0 Å². The zero-order valence-corrected chi connectivity index (χ0v) is 10.8. The van der Waals surface area contributed by atoms with Crippen LogP contribution in [0, 0.1) is 0 Å². The predicted octanol–water partition coefficient (Wildman–Crippen LogP) is 2.35. The largest absolute Gasteiger partial charge is 0.457 e. The third-order valence-electron chi connectivity index (χ3n) is 3.16. The summed E-state index contributed by atoms with van der Waals surface area (Å²) in [6.45, 7) is 6.83. The van der Waals surface area contributed by atoms with Crippen LogP contribution < -0.4 is 0 Å². The van der Waals surface area contributed by atoms with Gasteiger partial charge in [0, 0.05) is 37.8 Å². The van der Waals surface area contributed by atoms with Gasteiger partial charge in [-0.3, -0.25) is 4.90 Å². The molecule has 1 aliphatic heterocycles. The minimum Gasteiger partial charge on any atom is -0.457 e. The standard InChI is InChI=1S/C11H17BrN2O/c1-9(10-7-11(12)15-8-10)14-5-3-13(2)4-6-14/h7-9H,3-6H2,1-2H3. The average molecular weight is 273 g/mol. The second-order valence-corrected chi connectivity index (χ2v) is 4.98. The normalized spacial score (nSPS) is 21.8. The molecule has 0 aliphatic carbocycles. The number of halogens is 1. The summed E-state index contributed by atoms with van der Waals surface area (Å²) < 4.78 is 6.10. The Labute approximate surface area is 99.2 Å². The van der Waals surface area contributed by atoms with Crippen molar-refractivity contribution in [3.05, 3.63) is 22.6 Å². The maximum absolute atomic E-state index is 5.28. The maximum Gasteiger partial charge on any atom is 0.169 e. The Bertz CT molecular complexity index is 318. The Kier molecular flexibility index (Phi) is 3.49. The molecule has 1 saturated heterocycles. The van der Waals surface area contributed by atoms with Crippen LogP contribution in [0.4, 0.5) is 0 Å². The molecule has 84 valence electrons. The first-order chi connectivity index (χ1) is 7.16. The molecular weight excluding hydrogens is 256 g/mol. The van der Waals surface area contributed by atoms with E-state index in [0.29, 0.717) is 6.04 Å². The molecule has 0 spiro atoms. The van der Waals surface area contributed by atoms with Crippen LogP contribution in [0.25, 0.3) is 0 Å². The fourth-order valence-corrected chi connectivity index (χ4v) is 2.32. The van der Waals surface area contributed by atoms with Crippen LogP contribution in [-0.4, -0.2) is 43.0 Å². The first-order valence-corrected chi connectivity index (χ1v) is 6.12. The number of furan rings is 1. The van der Waals surface area contributed by atoms with Crippen molar-refractivity contribution < 1.29 is 4.42 Å². The highest BCUT2D eigenvalue weighted by atomic mass is 79.9. The predicted molar refractivity (Wildman–Crippen MR) is 63.9 cm³/mol. The molecular formula is C11H17BrN2O. The van der Waals surface area contributed by atoms with Crippen molar-refractivity contribution >= 4 is 15.9 Å². The van der Waals surface area contributed by atoms with Gasteiger partial charge in [-0.25, -0.2) is 0 Å². The van der Waals surface area contributed by atoms with Crippen molar-refractivity contribution in [2.24, 2.45) is 0 Å². The van der Waals surface area contributed by atoms with Gasteiger partial charge in [0.2, 0.25) is 0 Å². The fourth-order valence-electron chi connectivity index (χ4n) is 1.96. The zero-order valence-electron chi connectivity index (χ0n) is 9.24. The molecule has 1 unspecified atom stereocenters. The summed E-state index contributed by atoms with van der Waals surface area (Å²) in [7, 11) is 2.18. The van der Waals surface area contributed by atoms with E-state index in [1.54, 1.807) is 0 Å². The van der Waals surface area contributed by atoms with Gasteiger partial charge in [-0.2, -0.15) is 0 Å². The average Bonchev–Trinajstić information content (AvgIpc) is 2.65. The second-order valence-electron chi connectivity index (χ2n) is 4.20. The molecule has 2 rings (SSSR count). The highest BCUT2D eigenvalue weighted by Gasteiger charge is 2.21. The van der Waals surface area contributed by atoms with E-state index >= 15 is 0 Å². The summed E-state index contributed by atoms with van der Waals surface area (Å²) >= 11 is 3.34. The van der Waals surface area contributed by atoms with Gasteiger partial charge in [-0.15, -0.1) is 0 Å². The second kappa shape index (κ2) is 4.68. The van der Waals surface area contributed by atoms with Crippen molar-refractivity contribution in [3.63, 3.8) is 0 Å². The van der Waals surface area contributed by atoms with E-state index < -0.39 is 0 Å². The van der Waals surface area contributed by atoms with E-state index in [0.717, 1.165) is 30.8 Å². The minimum absolute atomic E-state index is 0.453. The number of piperazine rings is 1. The quantitative estimate of drug-likeness (QED) is 0.824. The van der Waals surface area contributed by atoms with E-state index in [9.17, 15) is 0 Å². The lowest BCUT2D eigenvalue weighted by molar-refractivity contribution is 0.119. The lowest BCUT2D eigenvalue weighted by Crippen LogP contribution is -2.45. The fraction of sp³-hybridized carbons (Fsp3) is 0.636. The van der Waals surface area contributed by atoms with E-state index in [1.165, 1.54) is 5.56 Å². The van der Waals surface area contributed by atoms with Crippen molar-refractivity contribution in [1.82, 2.24) is 9.80 Å². The zero-order chi connectivity index (χ0) is 10.8. The number of rotatable bonds is 2. The SMILES string of the molecule is CC(c1coc(Br)c1)N1CCN(C)CC1. The van der Waals surface area contributed by atoms with Gasteiger partial charge in [-0.1, -0.05) is 0 Å². The van der Waals surface area contributed by atoms with Gasteiger partial charge < -0.3 is 9.32 Å². The Hall–Kier alpha value is -0.320. The van der Waals surface area contributed by atoms with Gasteiger partial charge in [0.25, 0.3) is 0 Å². The number of hydrogen-bond acceptors (Lipinski definition) is 3. The molecule has 1 aromatic rings. The summed E-state index contributed by atoms with van der Waals surface area (Å²) in [5.41, 5.74) is 1.26. The van der Waals surface area contributed by atoms with Crippen LogP contribution in [0.3, 0.4) is 0 Å². The molecule has 0 bridgehead atoms. The van der Waals surface area contributed by atoms with Crippen LogP contribution in [-0.2, 0) is 0 Å². The topological polar surface area (TPSA) is 19.6 Å². The number of likely N-dealkylation sites (N-methyl/N-ethyl adjacent to an activating group) is 1. The van der Waals surface area contributed by atoms with Crippen LogP contribution in [0.15, 0.2) is 21.4 Å². The van der Waals surface area contributed by atoms with Crippen molar-refractivity contribution in [2.75, 3.05) is 33.2 Å². The molecule has 0 radical (unpaired) electrons. The van der Waals surface area contributed by atoms with Crippen LogP contribution in [0.5, 0.6) is 0 Å². The molecule has 1 aromatic heterocycles. The molecule has 1 aliphatic rings. The lowest BCUT2D eigenvalue weighted by atomic mass is 10.1. The molecule has 4 heteroatoms. The maximum atomic E-state index is 5.28. The van der Waals surface area contributed by atoms with Gasteiger partial charge in [-0.05, 0) is 36.0 Å². The minimum atomic E-state index is 0.453. The Morgan fingerprint density at radius 3 is 2.53 bits per heavy atom. The van der Waals surface area contributed by atoms with Crippen LogP contribution >= 0.6 is 15.9 Å². The highest BCUT2D eigenvalue weighted by Crippen LogP contribution is 2.25. The molecule has 0 amide bonds. The van der Waals surface area contributed by atoms with Gasteiger partial charge in [0.1, 0.15) is 0 Å². The summed E-state index contributed by atoms with van der Waals surface area (Å²) in [5.74, 6) is 0. The van der Waals surface area contributed by atoms with Gasteiger partial charge in [0.15, 0.2) is 4.67 Å². The van der Waals surface area contributed by atoms with Crippen LogP contribution in [0.1, 0.15) is 18.5 Å². The molecule has 0 N–H and O–H groups in total. The molecule has 1 fully saturated rings. The Morgan fingerprint density at radius 2 is 2.00 bits per heavy atom. The molecule has 15 heavy (non-hydrogen) atoms. The molecule has 1 atom stereocenters. The van der Waals surface area contributed by atoms with E-state index in [-0.39, 0.29) is 0 Å². The molecule has 3 nitrogen and oxygen atoms in total. The van der Waals surface area contributed by atoms with Crippen molar-refractivity contribution in [1.29, 1.82) is 0 Å². The lowest BCUT2D eigenvalue weighted by Gasteiger charge is -2.36. The number of nitrogens with zero attached hydrogens (tertiary/aromatic N) is 2. The monoisotopic (exact) mass is 272 g/mol. The summed E-state index contributed by atoms with van der Waals surface area (Å²) in [5, 5.41) is 0. The third kappa shape index (κ3) is 2.62. The summed E-state index contributed by atoms with van der Waals surface area (Å²) in [4.78, 5) is 4.87. The smallest absolute Gasteiger partial charge is 0.169 e. The first kappa shape index (κ1) is 11.2. The Balaban J connectivity index is 1.99. The summed E-state index contributed by atoms with van der Waals surface area (Å²) in [6, 6.07) is 2.51. The van der Waals surface area contributed by atoms with Gasteiger partial charge in [0.05, 0.1) is 6.26 Å². The van der Waals surface area contributed by atoms with Crippen molar-refractivity contribution in [2.45, 2.75) is 13.0 Å².